The van der Waals surface area contributed by atoms with Crippen molar-refractivity contribution in [3.63, 3.8) is 0 Å². The van der Waals surface area contributed by atoms with E-state index in [1.54, 1.807) is 31.4 Å². The molecule has 1 saturated heterocycles. The lowest BCUT2D eigenvalue weighted by molar-refractivity contribution is -0.0579. The molecule has 2 atom stereocenters. The first-order valence-corrected chi connectivity index (χ1v) is 12.1. The average Bonchev–Trinajstić information content (AvgIpc) is 3.66. The molecule has 3 aromatic rings. The number of nitrogens with one attached hydrogen (secondary N) is 2. The molecule has 0 radical (unpaired) electrons. The molecule has 1 unspecified atom stereocenters. The maximum absolute atomic E-state index is 14.9. The molecule has 11 heteroatoms. The van der Waals surface area contributed by atoms with Gasteiger partial charge in [-0.05, 0) is 50.3 Å². The Labute approximate surface area is 205 Å². The molecule has 0 spiro atoms. The molecule has 6 rings (SSSR count). The molecule has 8 nitrogen and oxygen atoms in total. The smallest absolute Gasteiger partial charge is 0.301 e. The largest absolute Gasteiger partial charge is 0.480 e. The Morgan fingerprint density at radius 1 is 1.29 bits per heavy atom. The fraction of sp³-hybridized carbons (Fsp3) is 0.458. The van der Waals surface area contributed by atoms with Crippen LogP contribution in [0.2, 0.25) is 5.02 Å². The predicted octanol–water partition coefficient (Wildman–Crippen LogP) is 4.54. The molecule has 1 aliphatic carbocycles. The molecule has 0 bridgehead atoms. The summed E-state index contributed by atoms with van der Waals surface area (Å²) in [5, 5.41) is 7.17. The Kier molecular flexibility index (Phi) is 5.07. The van der Waals surface area contributed by atoms with Crippen molar-refractivity contribution in [1.82, 2.24) is 14.5 Å². The number of benzene rings is 1. The third kappa shape index (κ3) is 3.74. The van der Waals surface area contributed by atoms with Gasteiger partial charge in [-0.3, -0.25) is 4.79 Å². The third-order valence-electron chi connectivity index (χ3n) is 7.18. The first-order valence-electron chi connectivity index (χ1n) is 11.7. The van der Waals surface area contributed by atoms with Crippen LogP contribution in [0.25, 0.3) is 10.9 Å². The number of hydrogen-bond acceptors (Lipinski definition) is 7. The summed E-state index contributed by atoms with van der Waals surface area (Å²) in [4.78, 5) is 24.0. The summed E-state index contributed by atoms with van der Waals surface area (Å²) >= 11 is 6.37. The zero-order chi connectivity index (χ0) is 24.5. The number of alkyl halides is 2. The van der Waals surface area contributed by atoms with Crippen molar-refractivity contribution in [2.75, 3.05) is 28.7 Å². The predicted molar refractivity (Wildman–Crippen MR) is 132 cm³/mol. The summed E-state index contributed by atoms with van der Waals surface area (Å²) in [7, 11) is 1.60. The van der Waals surface area contributed by atoms with Gasteiger partial charge >= 0.3 is 5.92 Å². The van der Waals surface area contributed by atoms with E-state index in [2.05, 4.69) is 32.4 Å². The van der Waals surface area contributed by atoms with Gasteiger partial charge in [-0.15, -0.1) is 0 Å². The molecule has 0 amide bonds. The molecule has 2 fully saturated rings. The van der Waals surface area contributed by atoms with Crippen LogP contribution in [0.4, 0.5) is 31.9 Å². The van der Waals surface area contributed by atoms with Crippen LogP contribution in [0, 0.1) is 5.92 Å². The normalized spacial score (nSPS) is 23.1. The summed E-state index contributed by atoms with van der Waals surface area (Å²) < 4.78 is 36.5. The number of hydrogen-bond donors (Lipinski definition) is 2. The van der Waals surface area contributed by atoms with Crippen LogP contribution in [0.1, 0.15) is 26.2 Å². The van der Waals surface area contributed by atoms with E-state index in [1.165, 1.54) is 4.57 Å². The Morgan fingerprint density at radius 3 is 2.77 bits per heavy atom. The molecule has 2 aliphatic heterocycles. The topological polar surface area (TPSA) is 84.3 Å². The molecular weight excluding hydrogens is 478 g/mol. The fourth-order valence-electron chi connectivity index (χ4n) is 4.82. The van der Waals surface area contributed by atoms with Crippen molar-refractivity contribution in [2.45, 2.75) is 44.2 Å². The summed E-state index contributed by atoms with van der Waals surface area (Å²) in [5.74, 6) is -2.29. The molecule has 35 heavy (non-hydrogen) atoms. The van der Waals surface area contributed by atoms with Gasteiger partial charge in [0, 0.05) is 30.7 Å². The van der Waals surface area contributed by atoms with Gasteiger partial charge in [0.2, 0.25) is 11.7 Å². The number of anilines is 4. The van der Waals surface area contributed by atoms with Gasteiger partial charge in [0.1, 0.15) is 5.02 Å². The van der Waals surface area contributed by atoms with Crippen LogP contribution in [0.5, 0.6) is 5.75 Å². The zero-order valence-corrected chi connectivity index (χ0v) is 20.1. The minimum absolute atomic E-state index is 0.0888. The number of halogens is 3. The van der Waals surface area contributed by atoms with E-state index in [0.29, 0.717) is 45.1 Å². The van der Waals surface area contributed by atoms with Gasteiger partial charge < -0.3 is 24.8 Å². The highest BCUT2D eigenvalue weighted by atomic mass is 35.5. The van der Waals surface area contributed by atoms with Gasteiger partial charge in [-0.25, -0.2) is 13.8 Å². The first-order chi connectivity index (χ1) is 16.7. The lowest BCUT2D eigenvalue weighted by Crippen LogP contribution is -2.46. The second-order valence-electron chi connectivity index (χ2n) is 9.63. The lowest BCUT2D eigenvalue weighted by atomic mass is 10.0. The van der Waals surface area contributed by atoms with Crippen molar-refractivity contribution < 1.29 is 13.5 Å². The Morgan fingerprint density at radius 2 is 2.09 bits per heavy atom. The van der Waals surface area contributed by atoms with E-state index in [0.717, 1.165) is 25.8 Å². The molecular formula is C24H25ClF2N6O2. The van der Waals surface area contributed by atoms with Crippen molar-refractivity contribution in [3.8, 4) is 5.75 Å². The molecule has 2 N–H and O–H groups in total. The molecule has 1 saturated carbocycles. The summed E-state index contributed by atoms with van der Waals surface area (Å²) in [6.07, 6.45) is 4.09. The number of aryl methyl sites for hydroxylation is 1. The van der Waals surface area contributed by atoms with Crippen LogP contribution >= 0.6 is 11.6 Å². The summed E-state index contributed by atoms with van der Waals surface area (Å²) in [5.41, 5.74) is 1.08. The second-order valence-corrected chi connectivity index (χ2v) is 10.0. The van der Waals surface area contributed by atoms with Crippen molar-refractivity contribution in [3.05, 3.63) is 39.8 Å². The number of pyridine rings is 1. The van der Waals surface area contributed by atoms with Gasteiger partial charge in [0.05, 0.1) is 23.4 Å². The van der Waals surface area contributed by atoms with Crippen molar-refractivity contribution in [1.29, 1.82) is 0 Å². The molecule has 2 aromatic heterocycles. The van der Waals surface area contributed by atoms with Crippen molar-refractivity contribution in [2.24, 2.45) is 13.0 Å². The average molecular weight is 503 g/mol. The van der Waals surface area contributed by atoms with E-state index in [4.69, 9.17) is 16.3 Å². The highest BCUT2D eigenvalue weighted by Gasteiger charge is 2.51. The van der Waals surface area contributed by atoms with Gasteiger partial charge in [-0.1, -0.05) is 11.6 Å². The standard InChI is InChI=1S/C24H25ClF2N6O2/c1-12-7-8-33(12)23-28-10-16(25)21(31-23)29-14-5-6-17-15(9-14)18-19(22(34)32(17)2)35-11-24(26,27)20(30-18)13-3-4-13/h5-6,9-10,12-13,20,30H,3-4,7-8,11H2,1-2H3,(H,28,29,31)/t12?,20-/m0/s1. The quantitative estimate of drug-likeness (QED) is 0.541. The summed E-state index contributed by atoms with van der Waals surface area (Å²) in [6, 6.07) is 4.63. The Bertz CT molecular complexity index is 1390. The number of ether oxygens (including phenoxy) is 1. The number of rotatable bonds is 4. The van der Waals surface area contributed by atoms with Crippen LogP contribution in [0.15, 0.2) is 29.2 Å². The minimum Gasteiger partial charge on any atom is -0.480 e. The fourth-order valence-corrected chi connectivity index (χ4v) is 4.96. The highest BCUT2D eigenvalue weighted by molar-refractivity contribution is 6.33. The van der Waals surface area contributed by atoms with Crippen LogP contribution in [-0.2, 0) is 7.05 Å². The van der Waals surface area contributed by atoms with E-state index >= 15 is 0 Å². The van der Waals surface area contributed by atoms with Gasteiger partial charge in [-0.2, -0.15) is 4.98 Å². The molecule has 3 aliphatic rings. The second kappa shape index (κ2) is 7.94. The van der Waals surface area contributed by atoms with Crippen LogP contribution < -0.4 is 25.8 Å². The minimum atomic E-state index is -3.09. The maximum atomic E-state index is 14.9. The van der Waals surface area contributed by atoms with E-state index < -0.39 is 24.1 Å². The Hall–Kier alpha value is -3.14. The Balaban J connectivity index is 1.42. The molecule has 184 valence electrons. The van der Waals surface area contributed by atoms with E-state index in [9.17, 15) is 13.6 Å². The lowest BCUT2D eigenvalue weighted by Gasteiger charge is -2.38. The zero-order valence-electron chi connectivity index (χ0n) is 19.3. The highest BCUT2D eigenvalue weighted by Crippen LogP contribution is 2.45. The number of fused-ring (bicyclic) bond motifs is 3. The van der Waals surface area contributed by atoms with Crippen molar-refractivity contribution >= 4 is 45.6 Å². The van der Waals surface area contributed by atoms with E-state index in [1.807, 2.05) is 0 Å². The van der Waals surface area contributed by atoms with Gasteiger partial charge in [0.15, 0.2) is 12.4 Å². The SMILES string of the molecule is CC1CCN1c1ncc(Cl)c(Nc2ccc3c(c2)c2c(c(=O)n3C)OCC(F)(F)[C@H](C3CC3)N2)n1. The number of aromatic nitrogens is 3. The van der Waals surface area contributed by atoms with Gasteiger partial charge in [0.25, 0.3) is 5.56 Å². The van der Waals surface area contributed by atoms with E-state index in [-0.39, 0.29) is 11.7 Å². The third-order valence-corrected chi connectivity index (χ3v) is 7.46. The molecule has 1 aromatic carbocycles. The molecule has 4 heterocycles. The first kappa shape index (κ1) is 22.3. The monoisotopic (exact) mass is 502 g/mol. The van der Waals surface area contributed by atoms with Crippen LogP contribution in [-0.4, -0.2) is 45.7 Å². The number of nitrogens with zero attached hydrogens (tertiary/aromatic N) is 4. The summed E-state index contributed by atoms with van der Waals surface area (Å²) in [6.45, 7) is 2.17. The maximum Gasteiger partial charge on any atom is 0.301 e. The van der Waals surface area contributed by atoms with Crippen LogP contribution in [0.3, 0.4) is 0 Å².